The fourth-order valence-electron chi connectivity index (χ4n) is 1.98. The molecule has 0 bridgehead atoms. The Balaban J connectivity index is 2.21. The highest BCUT2D eigenvalue weighted by molar-refractivity contribution is 6.42. The molecule has 0 fully saturated rings. The van der Waals surface area contributed by atoms with Gasteiger partial charge in [-0.1, -0.05) is 34.4 Å². The number of nitrogens with two attached hydrogens (primary N) is 1. The summed E-state index contributed by atoms with van der Waals surface area (Å²) in [6.07, 6.45) is 3.50. The van der Waals surface area contributed by atoms with Crippen molar-refractivity contribution in [2.75, 3.05) is 5.73 Å². The Morgan fingerprint density at radius 2 is 2.05 bits per heavy atom. The van der Waals surface area contributed by atoms with E-state index in [0.29, 0.717) is 27.1 Å². The molecule has 0 saturated heterocycles. The van der Waals surface area contributed by atoms with E-state index in [1.807, 2.05) is 23.9 Å². The SMILES string of the molecule is Cn1ccnc1-c1noc(N)c1-c1ccc(Cl)c(Cl)c1. The Hall–Kier alpha value is -1.98. The van der Waals surface area contributed by atoms with Crippen LogP contribution >= 0.6 is 23.2 Å². The first-order chi connectivity index (χ1) is 9.58. The van der Waals surface area contributed by atoms with Crippen LogP contribution in [0.15, 0.2) is 35.1 Å². The first-order valence-corrected chi connectivity index (χ1v) is 6.52. The minimum Gasteiger partial charge on any atom is -0.367 e. The normalized spacial score (nSPS) is 10.9. The molecule has 2 aromatic heterocycles. The van der Waals surface area contributed by atoms with Crippen molar-refractivity contribution in [2.24, 2.45) is 7.05 Å². The van der Waals surface area contributed by atoms with Crippen molar-refractivity contribution in [1.82, 2.24) is 14.7 Å². The van der Waals surface area contributed by atoms with Gasteiger partial charge in [-0.2, -0.15) is 0 Å². The molecule has 0 atom stereocenters. The fraction of sp³-hybridized carbons (Fsp3) is 0.0769. The van der Waals surface area contributed by atoms with E-state index in [1.165, 1.54) is 0 Å². The number of imidazole rings is 1. The highest BCUT2D eigenvalue weighted by Crippen LogP contribution is 2.37. The monoisotopic (exact) mass is 308 g/mol. The first kappa shape index (κ1) is 13.0. The maximum Gasteiger partial charge on any atom is 0.230 e. The van der Waals surface area contributed by atoms with Crippen LogP contribution < -0.4 is 5.73 Å². The third-order valence-corrected chi connectivity index (χ3v) is 3.70. The number of anilines is 1. The van der Waals surface area contributed by atoms with Crippen LogP contribution in [0.25, 0.3) is 22.6 Å². The van der Waals surface area contributed by atoms with Gasteiger partial charge in [0.1, 0.15) is 0 Å². The molecular weight excluding hydrogens is 299 g/mol. The van der Waals surface area contributed by atoms with E-state index in [4.69, 9.17) is 33.5 Å². The van der Waals surface area contributed by atoms with Gasteiger partial charge in [0.2, 0.25) is 5.88 Å². The molecule has 0 radical (unpaired) electrons. The van der Waals surface area contributed by atoms with Crippen LogP contribution in [0.4, 0.5) is 5.88 Å². The number of hydrogen-bond donors (Lipinski definition) is 1. The quantitative estimate of drug-likeness (QED) is 0.784. The Morgan fingerprint density at radius 1 is 1.25 bits per heavy atom. The summed E-state index contributed by atoms with van der Waals surface area (Å²) >= 11 is 12.0. The van der Waals surface area contributed by atoms with E-state index in [1.54, 1.807) is 18.3 Å². The Morgan fingerprint density at radius 3 is 2.70 bits per heavy atom. The van der Waals surface area contributed by atoms with Crippen LogP contribution in [0.2, 0.25) is 10.0 Å². The number of hydrogen-bond acceptors (Lipinski definition) is 4. The van der Waals surface area contributed by atoms with E-state index in [-0.39, 0.29) is 5.88 Å². The number of rotatable bonds is 2. The molecule has 0 aliphatic rings. The molecule has 3 aromatic rings. The third kappa shape index (κ3) is 2.05. The standard InChI is InChI=1S/C13H10Cl2N4O/c1-19-5-4-17-13(19)11-10(12(16)20-18-11)7-2-3-8(14)9(15)6-7/h2-6H,16H2,1H3. The zero-order valence-electron chi connectivity index (χ0n) is 10.5. The van der Waals surface area contributed by atoms with Gasteiger partial charge in [0.05, 0.1) is 15.6 Å². The average Bonchev–Trinajstić information content (AvgIpc) is 2.99. The molecule has 7 heteroatoms. The summed E-state index contributed by atoms with van der Waals surface area (Å²) in [4.78, 5) is 4.25. The molecule has 0 unspecified atom stereocenters. The summed E-state index contributed by atoms with van der Waals surface area (Å²) in [7, 11) is 1.87. The second-order valence-electron chi connectivity index (χ2n) is 4.26. The second kappa shape index (κ2) is 4.85. The lowest BCUT2D eigenvalue weighted by Crippen LogP contribution is -1.94. The van der Waals surface area contributed by atoms with Gasteiger partial charge in [-0.05, 0) is 17.7 Å². The Bertz CT molecular complexity index is 779. The summed E-state index contributed by atoms with van der Waals surface area (Å²) in [6, 6.07) is 5.23. The summed E-state index contributed by atoms with van der Waals surface area (Å²) in [5.41, 5.74) is 7.86. The molecule has 1 aromatic carbocycles. The zero-order chi connectivity index (χ0) is 14.3. The second-order valence-corrected chi connectivity index (χ2v) is 5.08. The largest absolute Gasteiger partial charge is 0.367 e. The Labute approximate surface area is 124 Å². The molecule has 0 amide bonds. The summed E-state index contributed by atoms with van der Waals surface area (Å²) < 4.78 is 6.93. The molecule has 0 aliphatic heterocycles. The van der Waals surface area contributed by atoms with Gasteiger partial charge in [0.25, 0.3) is 0 Å². The Kier molecular flexibility index (Phi) is 3.16. The van der Waals surface area contributed by atoms with Crippen LogP contribution in [0.5, 0.6) is 0 Å². The van der Waals surface area contributed by atoms with E-state index in [2.05, 4.69) is 10.1 Å². The van der Waals surface area contributed by atoms with E-state index in [9.17, 15) is 0 Å². The lowest BCUT2D eigenvalue weighted by molar-refractivity contribution is 0.438. The number of aromatic nitrogens is 3. The number of halogens is 2. The smallest absolute Gasteiger partial charge is 0.230 e. The molecule has 0 spiro atoms. The number of nitrogens with zero attached hydrogens (tertiary/aromatic N) is 3. The van der Waals surface area contributed by atoms with Gasteiger partial charge in [-0.25, -0.2) is 4.98 Å². The molecule has 5 nitrogen and oxygen atoms in total. The molecule has 2 N–H and O–H groups in total. The highest BCUT2D eigenvalue weighted by Gasteiger charge is 2.20. The van der Waals surface area contributed by atoms with Crippen LogP contribution in [-0.2, 0) is 7.05 Å². The number of aryl methyl sites for hydroxylation is 1. The molecule has 0 saturated carbocycles. The maximum absolute atomic E-state index is 6.05. The van der Waals surface area contributed by atoms with Gasteiger partial charge in [0.15, 0.2) is 11.5 Å². The van der Waals surface area contributed by atoms with Crippen molar-refractivity contribution in [3.8, 4) is 22.6 Å². The van der Waals surface area contributed by atoms with Crippen molar-refractivity contribution < 1.29 is 4.52 Å². The average molecular weight is 309 g/mol. The van der Waals surface area contributed by atoms with Gasteiger partial charge >= 0.3 is 0 Å². The van der Waals surface area contributed by atoms with Crippen LogP contribution in [-0.4, -0.2) is 14.7 Å². The van der Waals surface area contributed by atoms with Crippen molar-refractivity contribution in [1.29, 1.82) is 0 Å². The summed E-state index contributed by atoms with van der Waals surface area (Å²) in [5, 5.41) is 4.90. The zero-order valence-corrected chi connectivity index (χ0v) is 12.0. The molecule has 102 valence electrons. The van der Waals surface area contributed by atoms with E-state index in [0.717, 1.165) is 5.56 Å². The minimum atomic E-state index is 0.210. The number of nitrogen functional groups attached to an aromatic ring is 1. The van der Waals surface area contributed by atoms with Crippen molar-refractivity contribution in [2.45, 2.75) is 0 Å². The van der Waals surface area contributed by atoms with Crippen molar-refractivity contribution in [3.05, 3.63) is 40.6 Å². The first-order valence-electron chi connectivity index (χ1n) is 5.76. The van der Waals surface area contributed by atoms with Crippen molar-refractivity contribution >= 4 is 29.1 Å². The molecule has 3 rings (SSSR count). The van der Waals surface area contributed by atoms with Gasteiger partial charge < -0.3 is 14.8 Å². The third-order valence-electron chi connectivity index (χ3n) is 2.96. The van der Waals surface area contributed by atoms with E-state index < -0.39 is 0 Å². The molecular formula is C13H10Cl2N4O. The van der Waals surface area contributed by atoms with Gasteiger partial charge in [-0.15, -0.1) is 0 Å². The van der Waals surface area contributed by atoms with Gasteiger partial charge in [-0.3, -0.25) is 0 Å². The fourth-order valence-corrected chi connectivity index (χ4v) is 2.28. The highest BCUT2D eigenvalue weighted by atomic mass is 35.5. The minimum absolute atomic E-state index is 0.210. The van der Waals surface area contributed by atoms with Crippen LogP contribution in [0.3, 0.4) is 0 Å². The lowest BCUT2D eigenvalue weighted by atomic mass is 10.1. The lowest BCUT2D eigenvalue weighted by Gasteiger charge is -2.04. The maximum atomic E-state index is 6.05. The topological polar surface area (TPSA) is 69.9 Å². The van der Waals surface area contributed by atoms with Crippen LogP contribution in [0.1, 0.15) is 0 Å². The summed E-state index contributed by atoms with van der Waals surface area (Å²) in [5.74, 6) is 0.868. The predicted molar refractivity (Wildman–Crippen MR) is 78.6 cm³/mol. The summed E-state index contributed by atoms with van der Waals surface area (Å²) in [6.45, 7) is 0. The van der Waals surface area contributed by atoms with Gasteiger partial charge in [0, 0.05) is 19.4 Å². The predicted octanol–water partition coefficient (Wildman–Crippen LogP) is 3.63. The molecule has 20 heavy (non-hydrogen) atoms. The molecule has 2 heterocycles. The molecule has 0 aliphatic carbocycles. The number of benzene rings is 1. The van der Waals surface area contributed by atoms with Crippen molar-refractivity contribution in [3.63, 3.8) is 0 Å². The van der Waals surface area contributed by atoms with E-state index >= 15 is 0 Å². The van der Waals surface area contributed by atoms with Crippen LogP contribution in [0, 0.1) is 0 Å².